The van der Waals surface area contributed by atoms with Crippen LogP contribution in [0.5, 0.6) is 0 Å². The van der Waals surface area contributed by atoms with Crippen LogP contribution in [-0.4, -0.2) is 18.3 Å². The molecule has 13 rings (SSSR count). The molecule has 286 valence electrons. The van der Waals surface area contributed by atoms with Crippen LogP contribution in [-0.2, 0) is 11.8 Å². The Balaban J connectivity index is 1.19. The molecule has 1 atom stereocenters. The fraction of sp³-hybridized carbons (Fsp3) is 0.0536. The van der Waals surface area contributed by atoms with Crippen LogP contribution in [0.4, 0.5) is 0 Å². The number of para-hydroxylation sites is 6. The molecule has 0 aliphatic heterocycles. The lowest BCUT2D eigenvalue weighted by molar-refractivity contribution is 0.571. The largest absolute Gasteiger partial charge is 0.311 e. The highest BCUT2D eigenvalue weighted by Crippen LogP contribution is 2.53. The predicted octanol–water partition coefficient (Wildman–Crippen LogP) is 13.8. The van der Waals surface area contributed by atoms with E-state index in [0.717, 1.165) is 67.2 Å². The van der Waals surface area contributed by atoms with Crippen LogP contribution in [0.2, 0.25) is 0 Å². The van der Waals surface area contributed by atoms with Gasteiger partial charge in [0.05, 0.1) is 56.0 Å². The lowest BCUT2D eigenvalue weighted by Crippen LogP contribution is -2.30. The van der Waals surface area contributed by atoms with Crippen LogP contribution in [0.3, 0.4) is 0 Å². The highest BCUT2D eigenvalue weighted by molar-refractivity contribution is 6.26. The van der Waals surface area contributed by atoms with Gasteiger partial charge in [0.2, 0.25) is 0 Å². The molecule has 4 aromatic heterocycles. The molecule has 5 nitrogen and oxygen atoms in total. The molecular formula is C56H37N5. The minimum Gasteiger partial charge on any atom is -0.311 e. The molecule has 5 heteroatoms. The van der Waals surface area contributed by atoms with E-state index in [9.17, 15) is 5.26 Å². The first-order valence-corrected chi connectivity index (χ1v) is 21.0. The van der Waals surface area contributed by atoms with Gasteiger partial charge in [0.25, 0.3) is 0 Å². The Kier molecular flexibility index (Phi) is 6.92. The molecular weight excluding hydrogens is 743 g/mol. The van der Waals surface area contributed by atoms with Crippen molar-refractivity contribution in [3.8, 4) is 40.1 Å². The molecule has 0 saturated carbocycles. The standard InChI is InChI=1S/C56H37N5/c1-56(35-57)34-45-41-24-12-15-27-47(41)60(37-19-7-3-8-20-37)54(45)52-44-33-39(29-31-49(44)61(55(52)56)38-21-9-4-10-22-38)58-48-28-16-13-25-43(48)51-50(58)32-30-42-40-23-11-14-26-46(40)59(53(42)51)36-17-5-2-6-18-36/h2-33H,34H2,1H3. The van der Waals surface area contributed by atoms with Crippen LogP contribution < -0.4 is 0 Å². The second-order valence-electron chi connectivity index (χ2n) is 16.6. The van der Waals surface area contributed by atoms with Crippen molar-refractivity contribution in [3.05, 3.63) is 205 Å². The first-order chi connectivity index (χ1) is 30.1. The van der Waals surface area contributed by atoms with Crippen LogP contribution in [0, 0.1) is 11.3 Å². The Morgan fingerprint density at radius 3 is 1.59 bits per heavy atom. The second-order valence-corrected chi connectivity index (χ2v) is 16.6. The van der Waals surface area contributed by atoms with E-state index in [1.54, 1.807) is 0 Å². The summed E-state index contributed by atoms with van der Waals surface area (Å²) in [5.74, 6) is 0. The van der Waals surface area contributed by atoms with Crippen LogP contribution in [0.25, 0.3) is 99.4 Å². The van der Waals surface area contributed by atoms with Crippen molar-refractivity contribution in [2.24, 2.45) is 0 Å². The van der Waals surface area contributed by atoms with Gasteiger partial charge in [-0.25, -0.2) is 0 Å². The van der Waals surface area contributed by atoms with Crippen LogP contribution in [0.1, 0.15) is 18.2 Å². The topological polar surface area (TPSA) is 43.5 Å². The Hall–Kier alpha value is -8.07. The Morgan fingerprint density at radius 1 is 0.426 bits per heavy atom. The molecule has 8 aromatic carbocycles. The number of nitriles is 1. The monoisotopic (exact) mass is 779 g/mol. The summed E-state index contributed by atoms with van der Waals surface area (Å²) in [6, 6.07) is 72.7. The molecule has 1 aliphatic rings. The molecule has 0 fully saturated rings. The van der Waals surface area contributed by atoms with Crippen molar-refractivity contribution in [1.29, 1.82) is 5.26 Å². The van der Waals surface area contributed by atoms with Gasteiger partial charge < -0.3 is 18.3 Å². The number of hydrogen-bond donors (Lipinski definition) is 0. The van der Waals surface area contributed by atoms with Crippen molar-refractivity contribution < 1.29 is 0 Å². The third kappa shape index (κ3) is 4.54. The molecule has 1 aliphatic carbocycles. The second kappa shape index (κ2) is 12.5. The van der Waals surface area contributed by atoms with Crippen molar-refractivity contribution in [2.75, 3.05) is 0 Å². The third-order valence-corrected chi connectivity index (χ3v) is 13.2. The summed E-state index contributed by atoms with van der Waals surface area (Å²) in [6.45, 7) is 2.13. The zero-order valence-electron chi connectivity index (χ0n) is 33.4. The van der Waals surface area contributed by atoms with Gasteiger partial charge in [-0.15, -0.1) is 0 Å². The van der Waals surface area contributed by atoms with Gasteiger partial charge >= 0.3 is 0 Å². The summed E-state index contributed by atoms with van der Waals surface area (Å²) in [4.78, 5) is 0. The summed E-state index contributed by atoms with van der Waals surface area (Å²) in [7, 11) is 0. The third-order valence-electron chi connectivity index (χ3n) is 13.2. The molecule has 0 N–H and O–H groups in total. The number of aromatic nitrogens is 4. The maximum Gasteiger partial charge on any atom is 0.0997 e. The van der Waals surface area contributed by atoms with Gasteiger partial charge in [0.15, 0.2) is 0 Å². The SMILES string of the molecule is CC1(C#N)Cc2c(n(-c3ccccc3)c3ccccc23)-c2c1n(-c1ccccc1)c1ccc(-n3c4ccccc4c4c3ccc3c5ccccc5n(-c5ccccc5)c34)cc21. The summed E-state index contributed by atoms with van der Waals surface area (Å²) in [6.07, 6.45) is 0.598. The average molecular weight is 780 g/mol. The van der Waals surface area contributed by atoms with E-state index in [1.165, 1.54) is 43.5 Å². The summed E-state index contributed by atoms with van der Waals surface area (Å²) in [5, 5.41) is 18.5. The first-order valence-electron chi connectivity index (χ1n) is 21.0. The van der Waals surface area contributed by atoms with Gasteiger partial charge in [-0.2, -0.15) is 5.26 Å². The van der Waals surface area contributed by atoms with E-state index in [0.29, 0.717) is 6.42 Å². The van der Waals surface area contributed by atoms with Crippen molar-refractivity contribution >= 4 is 65.4 Å². The molecule has 1 unspecified atom stereocenters. The number of benzene rings is 8. The summed E-state index contributed by atoms with van der Waals surface area (Å²) >= 11 is 0. The number of fused-ring (bicyclic) bond motifs is 14. The van der Waals surface area contributed by atoms with Gasteiger partial charge in [0.1, 0.15) is 0 Å². The van der Waals surface area contributed by atoms with Gasteiger partial charge in [-0.3, -0.25) is 0 Å². The zero-order valence-corrected chi connectivity index (χ0v) is 33.4. The van der Waals surface area contributed by atoms with E-state index in [4.69, 9.17) is 0 Å². The molecule has 0 radical (unpaired) electrons. The van der Waals surface area contributed by atoms with E-state index in [1.807, 2.05) is 0 Å². The quantitative estimate of drug-likeness (QED) is 0.175. The van der Waals surface area contributed by atoms with Gasteiger partial charge in [0, 0.05) is 60.6 Å². The smallest absolute Gasteiger partial charge is 0.0997 e. The molecule has 0 saturated heterocycles. The lowest BCUT2D eigenvalue weighted by atomic mass is 9.74. The van der Waals surface area contributed by atoms with Crippen molar-refractivity contribution in [3.63, 3.8) is 0 Å². The predicted molar refractivity (Wildman–Crippen MR) is 251 cm³/mol. The maximum absolute atomic E-state index is 11.3. The minimum absolute atomic E-state index is 0.598. The number of rotatable bonds is 4. The van der Waals surface area contributed by atoms with E-state index in [2.05, 4.69) is 225 Å². The molecule has 12 aromatic rings. The summed E-state index contributed by atoms with van der Waals surface area (Å²) in [5.41, 5.74) is 14.9. The Bertz CT molecular complexity index is 3800. The Labute approximate surface area is 351 Å². The molecule has 0 bridgehead atoms. The molecule has 61 heavy (non-hydrogen) atoms. The fourth-order valence-electron chi connectivity index (χ4n) is 10.8. The molecule has 4 heterocycles. The number of nitrogens with zero attached hydrogens (tertiary/aromatic N) is 5. The van der Waals surface area contributed by atoms with E-state index in [-0.39, 0.29) is 0 Å². The summed E-state index contributed by atoms with van der Waals surface area (Å²) < 4.78 is 9.68. The molecule has 0 amide bonds. The van der Waals surface area contributed by atoms with Crippen molar-refractivity contribution in [1.82, 2.24) is 18.3 Å². The van der Waals surface area contributed by atoms with E-state index >= 15 is 0 Å². The average Bonchev–Trinajstić information content (AvgIpc) is 4.05. The van der Waals surface area contributed by atoms with Crippen LogP contribution in [0.15, 0.2) is 194 Å². The minimum atomic E-state index is -0.813. The van der Waals surface area contributed by atoms with Gasteiger partial charge in [-0.05, 0) is 97.8 Å². The highest BCUT2D eigenvalue weighted by Gasteiger charge is 2.43. The van der Waals surface area contributed by atoms with E-state index < -0.39 is 5.41 Å². The Morgan fingerprint density at radius 2 is 0.934 bits per heavy atom. The van der Waals surface area contributed by atoms with Crippen molar-refractivity contribution in [2.45, 2.75) is 18.8 Å². The highest BCUT2D eigenvalue weighted by atomic mass is 15.1. The number of hydrogen-bond acceptors (Lipinski definition) is 1. The van der Waals surface area contributed by atoms with Gasteiger partial charge in [-0.1, -0.05) is 115 Å². The normalized spacial score (nSPS) is 15.0. The zero-order chi connectivity index (χ0) is 40.4. The molecule has 0 spiro atoms. The lowest BCUT2D eigenvalue weighted by Gasteiger charge is -2.31. The first kappa shape index (κ1) is 33.9. The maximum atomic E-state index is 11.3. The van der Waals surface area contributed by atoms with Crippen LogP contribution >= 0.6 is 0 Å². The fourth-order valence-corrected chi connectivity index (χ4v) is 10.8.